The van der Waals surface area contributed by atoms with E-state index in [0.29, 0.717) is 16.3 Å². The Balaban J connectivity index is 2.34. The number of carbonyl (C=O) groups is 2. The Morgan fingerprint density at radius 3 is 2.75 bits per heavy atom. The summed E-state index contributed by atoms with van der Waals surface area (Å²) in [5.41, 5.74) is 1.16. The zero-order chi connectivity index (χ0) is 14.7. The van der Waals surface area contributed by atoms with Gasteiger partial charge >= 0.3 is 5.97 Å². The van der Waals surface area contributed by atoms with Gasteiger partial charge in [-0.25, -0.2) is 9.78 Å². The number of benzene rings is 1. The third-order valence-corrected chi connectivity index (χ3v) is 4.26. The van der Waals surface area contributed by atoms with Gasteiger partial charge in [0.05, 0.1) is 12.1 Å². The van der Waals surface area contributed by atoms with Crippen molar-refractivity contribution in [1.82, 2.24) is 4.98 Å². The quantitative estimate of drug-likeness (QED) is 0.623. The molecular formula is C14H12BrNO3S. The maximum atomic E-state index is 11.6. The lowest BCUT2D eigenvalue weighted by atomic mass is 10.2. The number of methoxy groups -OCH3 is 1. The summed E-state index contributed by atoms with van der Waals surface area (Å²) in [6.07, 6.45) is 0.571. The number of carbonyl (C=O) groups excluding carboxylic acids is 2. The number of nitrogens with zero attached hydrogens (tertiary/aromatic N) is 1. The van der Waals surface area contributed by atoms with Crippen LogP contribution in [0.1, 0.15) is 37.7 Å². The highest BCUT2D eigenvalue weighted by Crippen LogP contribution is 2.23. The second kappa shape index (κ2) is 6.28. The predicted molar refractivity (Wildman–Crippen MR) is 80.4 cm³/mol. The van der Waals surface area contributed by atoms with Crippen LogP contribution in [0.25, 0.3) is 0 Å². The minimum atomic E-state index is -0.577. The van der Waals surface area contributed by atoms with E-state index in [1.807, 2.05) is 24.3 Å². The van der Waals surface area contributed by atoms with E-state index >= 15 is 0 Å². The largest absolute Gasteiger partial charge is 0.464 e. The van der Waals surface area contributed by atoms with Gasteiger partial charge in [0, 0.05) is 17.8 Å². The topological polar surface area (TPSA) is 56.3 Å². The fraction of sp³-hybridized carbons (Fsp3) is 0.214. The van der Waals surface area contributed by atoms with E-state index in [2.05, 4.69) is 25.7 Å². The number of thiazole rings is 1. The number of hydrogen-bond acceptors (Lipinski definition) is 5. The highest BCUT2D eigenvalue weighted by Gasteiger charge is 2.21. The van der Waals surface area contributed by atoms with E-state index in [1.165, 1.54) is 25.4 Å². The molecule has 0 aliphatic carbocycles. The van der Waals surface area contributed by atoms with E-state index < -0.39 is 5.97 Å². The zero-order valence-corrected chi connectivity index (χ0v) is 13.4. The molecule has 1 heterocycles. The number of Topliss-reactive ketones (excluding diaryl/α,β-unsaturated/α-hetero) is 1. The molecule has 0 saturated heterocycles. The van der Waals surface area contributed by atoms with Crippen molar-refractivity contribution in [1.29, 1.82) is 0 Å². The summed E-state index contributed by atoms with van der Waals surface area (Å²) >= 11 is 4.64. The van der Waals surface area contributed by atoms with Gasteiger partial charge in [-0.15, -0.1) is 11.3 Å². The summed E-state index contributed by atoms with van der Waals surface area (Å²) < 4.78 is 5.63. The average molecular weight is 354 g/mol. The number of ether oxygens (including phenoxy) is 1. The Hall–Kier alpha value is -1.53. The minimum Gasteiger partial charge on any atom is -0.464 e. The van der Waals surface area contributed by atoms with Crippen LogP contribution in [0.5, 0.6) is 0 Å². The lowest BCUT2D eigenvalue weighted by molar-refractivity contribution is 0.0591. The van der Waals surface area contributed by atoms with Crippen LogP contribution in [0.2, 0.25) is 0 Å². The molecule has 0 aliphatic rings. The van der Waals surface area contributed by atoms with Crippen molar-refractivity contribution < 1.29 is 14.3 Å². The van der Waals surface area contributed by atoms with Crippen LogP contribution in [0.3, 0.4) is 0 Å². The van der Waals surface area contributed by atoms with E-state index in [-0.39, 0.29) is 11.5 Å². The maximum absolute atomic E-state index is 11.6. The molecule has 0 fully saturated rings. The maximum Gasteiger partial charge on any atom is 0.358 e. The molecule has 20 heavy (non-hydrogen) atoms. The molecule has 6 heteroatoms. The summed E-state index contributed by atoms with van der Waals surface area (Å²) in [5, 5.41) is 0.716. The molecule has 0 bridgehead atoms. The van der Waals surface area contributed by atoms with Crippen LogP contribution in [0.4, 0.5) is 0 Å². The molecule has 1 aromatic carbocycles. The van der Waals surface area contributed by atoms with Crippen molar-refractivity contribution in [3.05, 3.63) is 49.9 Å². The Bertz CT molecular complexity index is 666. The fourth-order valence-electron chi connectivity index (χ4n) is 1.74. The highest BCUT2D eigenvalue weighted by atomic mass is 79.9. The predicted octanol–water partition coefficient (Wildman–Crippen LogP) is 3.49. The van der Waals surface area contributed by atoms with Crippen molar-refractivity contribution in [2.24, 2.45) is 0 Å². The molecule has 0 aliphatic heterocycles. The second-order valence-electron chi connectivity index (χ2n) is 4.14. The standard InChI is InChI=1S/C14H12BrNO3S/c1-8(17)13-12(14(18)19-2)16-11(20-13)7-9-4-3-5-10(15)6-9/h3-6H,7H2,1-2H3. The second-order valence-corrected chi connectivity index (χ2v) is 6.14. The Morgan fingerprint density at radius 1 is 1.40 bits per heavy atom. The molecule has 0 unspecified atom stereocenters. The summed E-state index contributed by atoms with van der Waals surface area (Å²) in [7, 11) is 1.28. The summed E-state index contributed by atoms with van der Waals surface area (Å²) in [6, 6.07) is 7.82. The first-order valence-corrected chi connectivity index (χ1v) is 7.45. The normalized spacial score (nSPS) is 10.3. The number of rotatable bonds is 4. The Kier molecular flexibility index (Phi) is 4.67. The van der Waals surface area contributed by atoms with Crippen LogP contribution in [-0.2, 0) is 11.2 Å². The van der Waals surface area contributed by atoms with Crippen molar-refractivity contribution >= 4 is 39.0 Å². The molecule has 0 N–H and O–H groups in total. The van der Waals surface area contributed by atoms with Gasteiger partial charge in [-0.3, -0.25) is 4.79 Å². The molecule has 0 amide bonds. The lowest BCUT2D eigenvalue weighted by Gasteiger charge is -1.98. The Labute approximate surface area is 128 Å². The third kappa shape index (κ3) is 3.32. The van der Waals surface area contributed by atoms with Gasteiger partial charge in [0.15, 0.2) is 11.5 Å². The van der Waals surface area contributed by atoms with Crippen LogP contribution in [-0.4, -0.2) is 23.8 Å². The molecule has 4 nitrogen and oxygen atoms in total. The van der Waals surface area contributed by atoms with Crippen LogP contribution >= 0.6 is 27.3 Å². The minimum absolute atomic E-state index is 0.106. The summed E-state index contributed by atoms with van der Waals surface area (Å²) in [5.74, 6) is -0.754. The molecule has 2 aromatic rings. The monoisotopic (exact) mass is 353 g/mol. The molecule has 0 atom stereocenters. The first kappa shape index (κ1) is 14.9. The van der Waals surface area contributed by atoms with E-state index in [1.54, 1.807) is 0 Å². The van der Waals surface area contributed by atoms with E-state index in [4.69, 9.17) is 0 Å². The molecule has 104 valence electrons. The molecule has 1 aromatic heterocycles. The van der Waals surface area contributed by atoms with Gasteiger partial charge in [-0.05, 0) is 17.7 Å². The number of hydrogen-bond donors (Lipinski definition) is 0. The molecule has 0 radical (unpaired) electrons. The number of ketones is 1. The molecule has 0 saturated carbocycles. The summed E-state index contributed by atoms with van der Waals surface area (Å²) in [6.45, 7) is 1.42. The Morgan fingerprint density at radius 2 is 2.15 bits per heavy atom. The van der Waals surface area contributed by atoms with Gasteiger partial charge < -0.3 is 4.74 Å². The average Bonchev–Trinajstić information content (AvgIpc) is 2.82. The van der Waals surface area contributed by atoms with Crippen LogP contribution < -0.4 is 0 Å². The third-order valence-electron chi connectivity index (χ3n) is 2.61. The zero-order valence-electron chi connectivity index (χ0n) is 11.0. The van der Waals surface area contributed by atoms with E-state index in [0.717, 1.165) is 10.0 Å². The smallest absolute Gasteiger partial charge is 0.358 e. The first-order chi connectivity index (χ1) is 9.51. The van der Waals surface area contributed by atoms with E-state index in [9.17, 15) is 9.59 Å². The highest BCUT2D eigenvalue weighted by molar-refractivity contribution is 9.10. The van der Waals surface area contributed by atoms with Crippen molar-refractivity contribution in [3.8, 4) is 0 Å². The van der Waals surface area contributed by atoms with Crippen molar-refractivity contribution in [3.63, 3.8) is 0 Å². The van der Waals surface area contributed by atoms with Crippen LogP contribution in [0, 0.1) is 0 Å². The molecule has 2 rings (SSSR count). The van der Waals surface area contributed by atoms with Crippen molar-refractivity contribution in [2.45, 2.75) is 13.3 Å². The number of halogens is 1. The van der Waals surface area contributed by atoms with Gasteiger partial charge in [0.25, 0.3) is 0 Å². The van der Waals surface area contributed by atoms with Gasteiger partial charge in [-0.2, -0.15) is 0 Å². The lowest BCUT2D eigenvalue weighted by Crippen LogP contribution is -2.07. The SMILES string of the molecule is COC(=O)c1nc(Cc2cccc(Br)c2)sc1C(C)=O. The van der Waals surface area contributed by atoms with Gasteiger partial charge in [0.1, 0.15) is 4.88 Å². The van der Waals surface area contributed by atoms with Gasteiger partial charge in [0.2, 0.25) is 0 Å². The number of esters is 1. The fourth-order valence-corrected chi connectivity index (χ4v) is 3.16. The summed E-state index contributed by atoms with van der Waals surface area (Å²) in [4.78, 5) is 27.8. The van der Waals surface area contributed by atoms with Gasteiger partial charge in [-0.1, -0.05) is 28.1 Å². The molecular weight excluding hydrogens is 342 g/mol. The van der Waals surface area contributed by atoms with Crippen molar-refractivity contribution in [2.75, 3.05) is 7.11 Å². The van der Waals surface area contributed by atoms with Crippen LogP contribution in [0.15, 0.2) is 28.7 Å². The molecule has 0 spiro atoms. The first-order valence-electron chi connectivity index (χ1n) is 5.84. The number of aromatic nitrogens is 1.